The van der Waals surface area contributed by atoms with Gasteiger partial charge in [-0.3, -0.25) is 0 Å². The number of nitrogens with two attached hydrogens (primary N) is 1. The molecule has 0 heterocycles. The summed E-state index contributed by atoms with van der Waals surface area (Å²) in [6.07, 6.45) is -2.64. The van der Waals surface area contributed by atoms with Crippen molar-refractivity contribution in [2.24, 2.45) is 5.73 Å². The van der Waals surface area contributed by atoms with Crippen LogP contribution in [0.4, 0.5) is 8.78 Å². The first-order valence-electron chi connectivity index (χ1n) is 3.51. The average Bonchev–Trinajstić information content (AvgIpc) is 2.08. The van der Waals surface area contributed by atoms with Crippen LogP contribution in [-0.2, 0) is 0 Å². The Morgan fingerprint density at radius 1 is 1.23 bits per heavy atom. The van der Waals surface area contributed by atoms with Crippen LogP contribution in [0.1, 0.15) is 11.6 Å². The molecule has 1 aromatic carbocycles. The van der Waals surface area contributed by atoms with E-state index in [0.717, 1.165) is 0 Å². The summed E-state index contributed by atoms with van der Waals surface area (Å²) in [5, 5.41) is 0.549. The molecular formula is C8H7Cl2F2N. The van der Waals surface area contributed by atoms with Crippen molar-refractivity contribution in [1.82, 2.24) is 0 Å². The Hall–Kier alpha value is -0.380. The quantitative estimate of drug-likeness (QED) is 0.822. The maximum atomic E-state index is 12.2. The van der Waals surface area contributed by atoms with Crippen LogP contribution in [-0.4, -0.2) is 6.43 Å². The molecule has 1 unspecified atom stereocenters. The van der Waals surface area contributed by atoms with Crippen molar-refractivity contribution in [2.45, 2.75) is 12.5 Å². The van der Waals surface area contributed by atoms with Gasteiger partial charge in [-0.2, -0.15) is 0 Å². The highest BCUT2D eigenvalue weighted by Gasteiger charge is 2.20. The van der Waals surface area contributed by atoms with Crippen molar-refractivity contribution in [3.8, 4) is 0 Å². The van der Waals surface area contributed by atoms with Gasteiger partial charge in [-0.25, -0.2) is 8.78 Å². The van der Waals surface area contributed by atoms with E-state index in [-0.39, 0.29) is 10.6 Å². The Bertz CT molecular complexity index is 304. The second-order valence-corrected chi connectivity index (χ2v) is 3.37. The van der Waals surface area contributed by atoms with Gasteiger partial charge < -0.3 is 5.73 Å². The zero-order chi connectivity index (χ0) is 10.0. The van der Waals surface area contributed by atoms with Gasteiger partial charge in [0.1, 0.15) is 0 Å². The standard InChI is InChI=1S/C8H7Cl2F2N/c9-4-1-2-6(10)5(3-4)7(13)8(11)12/h1-3,7-8H,13H2. The highest BCUT2D eigenvalue weighted by Crippen LogP contribution is 2.28. The third-order valence-corrected chi connectivity index (χ3v) is 2.17. The number of hydrogen-bond acceptors (Lipinski definition) is 1. The first-order valence-corrected chi connectivity index (χ1v) is 4.26. The fraction of sp³-hybridized carbons (Fsp3) is 0.250. The number of alkyl halides is 2. The van der Waals surface area contributed by atoms with E-state index in [4.69, 9.17) is 28.9 Å². The van der Waals surface area contributed by atoms with Crippen molar-refractivity contribution < 1.29 is 8.78 Å². The molecule has 0 fully saturated rings. The van der Waals surface area contributed by atoms with E-state index in [9.17, 15) is 8.78 Å². The number of hydrogen-bond donors (Lipinski definition) is 1. The molecule has 0 amide bonds. The highest BCUT2D eigenvalue weighted by molar-refractivity contribution is 6.33. The Labute approximate surface area is 84.4 Å². The van der Waals surface area contributed by atoms with Crippen LogP contribution in [0.25, 0.3) is 0 Å². The topological polar surface area (TPSA) is 26.0 Å². The lowest BCUT2D eigenvalue weighted by Crippen LogP contribution is -2.19. The molecule has 1 rings (SSSR count). The van der Waals surface area contributed by atoms with E-state index in [2.05, 4.69) is 0 Å². The lowest BCUT2D eigenvalue weighted by Gasteiger charge is -2.12. The van der Waals surface area contributed by atoms with E-state index in [1.54, 1.807) is 0 Å². The normalized spacial score (nSPS) is 13.4. The van der Waals surface area contributed by atoms with Crippen LogP contribution in [0.2, 0.25) is 10.0 Å². The summed E-state index contributed by atoms with van der Waals surface area (Å²) < 4.78 is 24.4. The van der Waals surface area contributed by atoms with Gasteiger partial charge in [-0.05, 0) is 23.8 Å². The minimum atomic E-state index is -2.64. The molecule has 0 aliphatic carbocycles. The predicted octanol–water partition coefficient (Wildman–Crippen LogP) is 3.26. The Kier molecular flexibility index (Phi) is 3.47. The lowest BCUT2D eigenvalue weighted by atomic mass is 10.1. The van der Waals surface area contributed by atoms with Crippen molar-refractivity contribution >= 4 is 23.2 Å². The molecule has 0 bridgehead atoms. The van der Waals surface area contributed by atoms with Crippen molar-refractivity contribution in [3.63, 3.8) is 0 Å². The largest absolute Gasteiger partial charge is 0.319 e. The number of benzene rings is 1. The van der Waals surface area contributed by atoms with Gasteiger partial charge in [-0.15, -0.1) is 0 Å². The molecule has 0 aliphatic rings. The Balaban J connectivity index is 3.05. The molecule has 13 heavy (non-hydrogen) atoms. The van der Waals surface area contributed by atoms with Crippen LogP contribution in [0, 0.1) is 0 Å². The summed E-state index contributed by atoms with van der Waals surface area (Å²) in [5.74, 6) is 0. The summed E-state index contributed by atoms with van der Waals surface area (Å²) in [6, 6.07) is 2.93. The van der Waals surface area contributed by atoms with Crippen molar-refractivity contribution in [1.29, 1.82) is 0 Å². The van der Waals surface area contributed by atoms with Gasteiger partial charge in [0.15, 0.2) is 0 Å². The van der Waals surface area contributed by atoms with Crippen LogP contribution < -0.4 is 5.73 Å². The van der Waals surface area contributed by atoms with E-state index in [1.165, 1.54) is 18.2 Å². The van der Waals surface area contributed by atoms with Gasteiger partial charge in [0, 0.05) is 10.0 Å². The maximum absolute atomic E-state index is 12.2. The van der Waals surface area contributed by atoms with Crippen LogP contribution in [0.15, 0.2) is 18.2 Å². The third kappa shape index (κ3) is 2.53. The second kappa shape index (κ2) is 4.22. The van der Waals surface area contributed by atoms with Gasteiger partial charge in [-0.1, -0.05) is 23.2 Å². The molecule has 0 saturated carbocycles. The third-order valence-electron chi connectivity index (χ3n) is 1.59. The molecule has 72 valence electrons. The van der Waals surface area contributed by atoms with E-state index < -0.39 is 12.5 Å². The van der Waals surface area contributed by atoms with Gasteiger partial charge in [0.05, 0.1) is 6.04 Å². The second-order valence-electron chi connectivity index (χ2n) is 2.53. The molecule has 5 heteroatoms. The van der Waals surface area contributed by atoms with Crippen LogP contribution >= 0.6 is 23.2 Å². The minimum absolute atomic E-state index is 0.171. The highest BCUT2D eigenvalue weighted by atomic mass is 35.5. The van der Waals surface area contributed by atoms with Crippen LogP contribution in [0.3, 0.4) is 0 Å². The molecule has 0 saturated heterocycles. The minimum Gasteiger partial charge on any atom is -0.319 e. The first kappa shape index (κ1) is 10.7. The van der Waals surface area contributed by atoms with Gasteiger partial charge in [0.2, 0.25) is 0 Å². The molecule has 0 aromatic heterocycles. The molecule has 2 N–H and O–H groups in total. The van der Waals surface area contributed by atoms with Crippen LogP contribution in [0.5, 0.6) is 0 Å². The Morgan fingerprint density at radius 3 is 2.38 bits per heavy atom. The predicted molar refractivity (Wildman–Crippen MR) is 49.4 cm³/mol. The monoisotopic (exact) mass is 225 g/mol. The number of halogens is 4. The van der Waals surface area contributed by atoms with Crippen molar-refractivity contribution in [2.75, 3.05) is 0 Å². The van der Waals surface area contributed by atoms with Gasteiger partial charge in [0.25, 0.3) is 6.43 Å². The molecule has 0 spiro atoms. The summed E-state index contributed by atoms with van der Waals surface area (Å²) in [7, 11) is 0. The summed E-state index contributed by atoms with van der Waals surface area (Å²) in [6.45, 7) is 0. The summed E-state index contributed by atoms with van der Waals surface area (Å²) >= 11 is 11.3. The molecule has 1 nitrogen and oxygen atoms in total. The SMILES string of the molecule is NC(c1cc(Cl)ccc1Cl)C(F)F. The first-order chi connectivity index (χ1) is 6.02. The molecule has 1 aromatic rings. The Morgan fingerprint density at radius 2 is 1.85 bits per heavy atom. The summed E-state index contributed by atoms with van der Waals surface area (Å²) in [5.41, 5.74) is 5.38. The fourth-order valence-corrected chi connectivity index (χ4v) is 1.33. The van der Waals surface area contributed by atoms with E-state index in [0.29, 0.717) is 5.02 Å². The molecule has 0 radical (unpaired) electrons. The smallest absolute Gasteiger partial charge is 0.257 e. The fourth-order valence-electron chi connectivity index (χ4n) is 0.906. The maximum Gasteiger partial charge on any atom is 0.257 e. The summed E-state index contributed by atoms with van der Waals surface area (Å²) in [4.78, 5) is 0. The average molecular weight is 226 g/mol. The number of rotatable bonds is 2. The van der Waals surface area contributed by atoms with E-state index >= 15 is 0 Å². The lowest BCUT2D eigenvalue weighted by molar-refractivity contribution is 0.116. The molecular weight excluding hydrogens is 219 g/mol. The molecule has 0 aliphatic heterocycles. The van der Waals surface area contributed by atoms with E-state index in [1.807, 2.05) is 0 Å². The van der Waals surface area contributed by atoms with Crippen molar-refractivity contribution in [3.05, 3.63) is 33.8 Å². The zero-order valence-corrected chi connectivity index (χ0v) is 7.99. The molecule has 1 atom stereocenters. The van der Waals surface area contributed by atoms with Gasteiger partial charge >= 0.3 is 0 Å². The zero-order valence-electron chi connectivity index (χ0n) is 6.48.